The third-order valence-electron chi connectivity index (χ3n) is 5.64. The maximum atomic E-state index is 12.3. The van der Waals surface area contributed by atoms with Gasteiger partial charge in [0.05, 0.1) is 12.9 Å². The summed E-state index contributed by atoms with van der Waals surface area (Å²) in [5.41, 5.74) is 4.56. The van der Waals surface area contributed by atoms with Gasteiger partial charge in [-0.05, 0) is 0 Å². The lowest BCUT2D eigenvalue weighted by Crippen LogP contribution is -2.57. The van der Waals surface area contributed by atoms with Crippen LogP contribution >= 0.6 is 15.6 Å². The smallest absolute Gasteiger partial charge is 0.387 e. The zero-order valence-corrected chi connectivity index (χ0v) is 21.1. The molecule has 2 saturated heterocycles. The number of fused-ring (bicyclic) bond motifs is 1. The Labute approximate surface area is 216 Å². The molecule has 22 heteroatoms. The van der Waals surface area contributed by atoms with Crippen molar-refractivity contribution in [3.8, 4) is 12.3 Å². The Hall–Kier alpha value is -2.31. The number of hydrogen-bond acceptors (Lipinski definition) is 16. The van der Waals surface area contributed by atoms with E-state index in [0.29, 0.717) is 0 Å². The molecule has 2 aliphatic rings. The number of nitrogens with two attached hydrogens (primary N) is 1. The first-order valence-electron chi connectivity index (χ1n) is 10.7. The van der Waals surface area contributed by atoms with Crippen LogP contribution in [-0.4, -0.2) is 110 Å². The molecule has 20 nitrogen and oxygen atoms in total. The minimum absolute atomic E-state index is 0.111. The first-order valence-corrected chi connectivity index (χ1v) is 13.7. The molecule has 0 saturated carbocycles. The van der Waals surface area contributed by atoms with Gasteiger partial charge in [0.2, 0.25) is 5.95 Å². The van der Waals surface area contributed by atoms with Gasteiger partial charge in [0, 0.05) is 0 Å². The molecule has 0 radical (unpaired) electrons. The number of nitrogens with one attached hydrogen (secondary N) is 1. The Bertz CT molecular complexity index is 1410. The van der Waals surface area contributed by atoms with Crippen molar-refractivity contribution < 1.29 is 67.3 Å². The van der Waals surface area contributed by atoms with Gasteiger partial charge >= 0.3 is 15.6 Å². The second-order valence-electron chi connectivity index (χ2n) is 8.30. The molecule has 2 fully saturated rings. The van der Waals surface area contributed by atoms with Crippen LogP contribution in [0.15, 0.2) is 11.1 Å². The number of aliphatic hydroxyl groups is 5. The molecule has 2 unspecified atom stereocenters. The summed E-state index contributed by atoms with van der Waals surface area (Å²) in [6.45, 7) is -0.988. The summed E-state index contributed by atoms with van der Waals surface area (Å²) in [4.78, 5) is 41.7. The van der Waals surface area contributed by atoms with Crippen LogP contribution in [0, 0.1) is 12.3 Å². The molecule has 11 atom stereocenters. The van der Waals surface area contributed by atoms with Crippen LogP contribution in [0.1, 0.15) is 6.23 Å². The predicted molar refractivity (Wildman–Crippen MR) is 122 cm³/mol. The van der Waals surface area contributed by atoms with Crippen LogP contribution in [0.25, 0.3) is 11.2 Å². The summed E-state index contributed by atoms with van der Waals surface area (Å²) in [6.07, 6.45) is -9.84. The van der Waals surface area contributed by atoms with E-state index in [-0.39, 0.29) is 17.1 Å². The molecular formula is C17H23N5O15P2. The average molecular weight is 599 g/mol. The largest absolute Gasteiger partial charge is 0.483 e. The molecule has 0 bridgehead atoms. The Morgan fingerprint density at radius 1 is 1.08 bits per heavy atom. The average Bonchev–Trinajstić information content (AvgIpc) is 3.38. The van der Waals surface area contributed by atoms with Gasteiger partial charge in [-0.25, -0.2) is 14.1 Å². The quantitative estimate of drug-likeness (QED) is 0.103. The van der Waals surface area contributed by atoms with Crippen molar-refractivity contribution in [2.45, 2.75) is 55.2 Å². The molecule has 0 aliphatic carbocycles. The number of phosphoric ester groups is 2. The van der Waals surface area contributed by atoms with E-state index in [1.54, 1.807) is 0 Å². The topological polar surface area (TPSA) is 311 Å². The van der Waals surface area contributed by atoms with E-state index in [9.17, 15) is 49.2 Å². The van der Waals surface area contributed by atoms with Gasteiger partial charge in [-0.1, -0.05) is 5.92 Å². The lowest BCUT2D eigenvalue weighted by atomic mass is 10.00. The Morgan fingerprint density at radius 2 is 1.77 bits per heavy atom. The summed E-state index contributed by atoms with van der Waals surface area (Å²) >= 11 is 0. The standard InChI is InChI=1S/C17H23N5O15P2/c1-2-5-8(23)10(25)12(27)16(35-5)36-39(31,32)37-38(29,30)33-3-6-9(24)11(26)15(34-6)22-4-19-7-13(22)20-17(18)21-14(7)28/h1,4-6,8-12,15-16,23-27H,3H2,(H,29,30)(H,31,32)(H3,18,20,21,28)/t5-,6+,8+,9+,10+,11+,12-,15+,16+/m0/s1. The van der Waals surface area contributed by atoms with E-state index in [1.165, 1.54) is 0 Å². The number of nitrogens with zero attached hydrogens (tertiary/aromatic N) is 3. The number of ether oxygens (including phenoxy) is 2. The van der Waals surface area contributed by atoms with Crippen LogP contribution in [0.4, 0.5) is 5.95 Å². The van der Waals surface area contributed by atoms with Crippen LogP contribution in [0.5, 0.6) is 0 Å². The van der Waals surface area contributed by atoms with Crippen molar-refractivity contribution in [2.24, 2.45) is 0 Å². The van der Waals surface area contributed by atoms with Crippen molar-refractivity contribution in [1.82, 2.24) is 19.5 Å². The van der Waals surface area contributed by atoms with Crippen molar-refractivity contribution in [3.05, 3.63) is 16.7 Å². The van der Waals surface area contributed by atoms with Gasteiger partial charge in [0.1, 0.15) is 42.7 Å². The van der Waals surface area contributed by atoms with Gasteiger partial charge in [-0.2, -0.15) is 9.29 Å². The normalized spacial score (nSPS) is 36.3. The maximum Gasteiger partial charge on any atom is 0.483 e. The fourth-order valence-electron chi connectivity index (χ4n) is 3.77. The fraction of sp³-hybridized carbons (Fsp3) is 0.588. The number of anilines is 1. The number of imidazole rings is 1. The molecule has 216 valence electrons. The van der Waals surface area contributed by atoms with E-state index >= 15 is 0 Å². The highest BCUT2D eigenvalue weighted by atomic mass is 31.3. The van der Waals surface area contributed by atoms with E-state index in [1.807, 2.05) is 5.92 Å². The lowest BCUT2D eigenvalue weighted by molar-refractivity contribution is -0.262. The molecule has 0 spiro atoms. The number of H-pyrrole nitrogens is 1. The van der Waals surface area contributed by atoms with Crippen LogP contribution in [0.3, 0.4) is 0 Å². The predicted octanol–water partition coefficient (Wildman–Crippen LogP) is -3.99. The molecule has 4 rings (SSSR count). The van der Waals surface area contributed by atoms with E-state index in [4.69, 9.17) is 21.6 Å². The lowest BCUT2D eigenvalue weighted by Gasteiger charge is -2.38. The van der Waals surface area contributed by atoms with Crippen LogP contribution in [-0.2, 0) is 32.0 Å². The first kappa shape index (κ1) is 29.7. The number of hydrogen-bond donors (Lipinski definition) is 9. The van der Waals surface area contributed by atoms with Crippen LogP contribution < -0.4 is 11.3 Å². The number of rotatable bonds is 8. The molecule has 2 aromatic rings. The number of nitrogen functional groups attached to an aromatic ring is 1. The summed E-state index contributed by atoms with van der Waals surface area (Å²) in [5, 5.41) is 50.1. The molecule has 4 heterocycles. The Morgan fingerprint density at radius 3 is 2.44 bits per heavy atom. The van der Waals surface area contributed by atoms with Crippen molar-refractivity contribution in [3.63, 3.8) is 0 Å². The second-order valence-corrected chi connectivity index (χ2v) is 11.3. The monoisotopic (exact) mass is 599 g/mol. The van der Waals surface area contributed by atoms with Crippen molar-refractivity contribution in [2.75, 3.05) is 12.3 Å². The minimum atomic E-state index is -5.58. The van der Waals surface area contributed by atoms with Crippen LogP contribution in [0.2, 0.25) is 0 Å². The number of aromatic nitrogens is 4. The molecule has 2 aliphatic heterocycles. The number of aromatic amines is 1. The number of phosphoric acid groups is 2. The van der Waals surface area contributed by atoms with E-state index in [0.717, 1.165) is 10.9 Å². The highest BCUT2D eigenvalue weighted by molar-refractivity contribution is 7.61. The SMILES string of the molecule is C#C[C@@H]1O[C@H](OP(=O)(O)OP(=O)(O)OC[C@H]2O[C@@H](n3cnc4c(=O)[nH]c(N)nc43)[C@H](O)[C@@H]2O)[C@@H](O)[C@H](O)[C@@H]1O. The van der Waals surface area contributed by atoms with Gasteiger partial charge in [-0.15, -0.1) is 6.42 Å². The second kappa shape index (κ2) is 10.9. The molecule has 0 aromatic carbocycles. The summed E-state index contributed by atoms with van der Waals surface area (Å²) in [5.74, 6) is 1.63. The van der Waals surface area contributed by atoms with Gasteiger partial charge in [-0.3, -0.25) is 23.4 Å². The highest BCUT2D eigenvalue weighted by Crippen LogP contribution is 2.61. The van der Waals surface area contributed by atoms with Crippen molar-refractivity contribution >= 4 is 32.8 Å². The fourth-order valence-corrected chi connectivity index (χ4v) is 5.93. The maximum absolute atomic E-state index is 12.3. The molecule has 0 amide bonds. The zero-order valence-electron chi connectivity index (χ0n) is 19.3. The van der Waals surface area contributed by atoms with Gasteiger partial charge in [0.15, 0.2) is 23.7 Å². The minimum Gasteiger partial charge on any atom is -0.387 e. The molecule has 39 heavy (non-hydrogen) atoms. The summed E-state index contributed by atoms with van der Waals surface area (Å²) in [6, 6.07) is 0. The van der Waals surface area contributed by atoms with Gasteiger partial charge in [0.25, 0.3) is 5.56 Å². The summed E-state index contributed by atoms with van der Waals surface area (Å²) in [7, 11) is -11.1. The Balaban J connectivity index is 1.40. The highest BCUT2D eigenvalue weighted by Gasteiger charge is 2.49. The third-order valence-corrected chi connectivity index (χ3v) is 8.24. The number of aliphatic hydroxyl groups excluding tert-OH is 5. The molecular weight excluding hydrogens is 576 g/mol. The molecule has 10 N–H and O–H groups in total. The Kier molecular flexibility index (Phi) is 8.31. The number of terminal acetylenes is 1. The first-order chi connectivity index (χ1) is 18.1. The summed E-state index contributed by atoms with van der Waals surface area (Å²) < 4.78 is 49.2. The van der Waals surface area contributed by atoms with Crippen molar-refractivity contribution in [1.29, 1.82) is 0 Å². The van der Waals surface area contributed by atoms with Gasteiger partial charge < -0.3 is 50.5 Å². The molecule has 2 aromatic heterocycles. The van der Waals surface area contributed by atoms with E-state index < -0.39 is 83.1 Å². The van der Waals surface area contributed by atoms with E-state index in [2.05, 4.69) is 28.3 Å². The zero-order chi connectivity index (χ0) is 28.9. The third kappa shape index (κ3) is 6.07.